The monoisotopic (exact) mass is 396 g/mol. The minimum absolute atomic E-state index is 0.0797. The van der Waals surface area contributed by atoms with Gasteiger partial charge in [-0.3, -0.25) is 9.00 Å². The van der Waals surface area contributed by atoms with E-state index < -0.39 is 32.7 Å². The van der Waals surface area contributed by atoms with Crippen LogP contribution >= 0.6 is 0 Å². The van der Waals surface area contributed by atoms with Crippen molar-refractivity contribution in [3.05, 3.63) is 59.7 Å². The SMILES string of the molecule is NS(=O)(=O)c1ccc(NC(=O)CS(=O)Cc2ccc(C(=O)O)cc2)cc1. The molecule has 138 valence electrons. The van der Waals surface area contributed by atoms with E-state index in [4.69, 9.17) is 10.2 Å². The number of amides is 1. The standard InChI is InChI=1S/C16H16N2O6S2/c17-26(23,24)14-7-5-13(6-8-14)18-15(19)10-25(22)9-11-1-3-12(4-2-11)16(20)21/h1-8H,9-10H2,(H,18,19)(H,20,21)(H2,17,23,24). The van der Waals surface area contributed by atoms with Crippen LogP contribution in [-0.4, -0.2) is 35.4 Å². The number of carbonyl (C=O) groups is 2. The number of benzene rings is 2. The first-order valence-electron chi connectivity index (χ1n) is 7.25. The second-order valence-electron chi connectivity index (χ2n) is 5.35. The molecule has 0 aliphatic heterocycles. The van der Waals surface area contributed by atoms with Gasteiger partial charge in [0, 0.05) is 22.2 Å². The van der Waals surface area contributed by atoms with Gasteiger partial charge in [0.2, 0.25) is 15.9 Å². The number of aromatic carboxylic acids is 1. The molecule has 0 aliphatic carbocycles. The topological polar surface area (TPSA) is 144 Å². The normalized spacial score (nSPS) is 12.3. The molecular formula is C16H16N2O6S2. The Balaban J connectivity index is 1.90. The van der Waals surface area contributed by atoms with Gasteiger partial charge in [-0.2, -0.15) is 0 Å². The number of carboxylic acid groups (broad SMARTS) is 1. The van der Waals surface area contributed by atoms with Gasteiger partial charge in [0.05, 0.1) is 10.5 Å². The summed E-state index contributed by atoms with van der Waals surface area (Å²) in [6.45, 7) is 0. The third-order valence-corrected chi connectivity index (χ3v) is 5.46. The fourth-order valence-corrected chi connectivity index (χ4v) is 3.60. The lowest BCUT2D eigenvalue weighted by molar-refractivity contribution is -0.113. The van der Waals surface area contributed by atoms with Crippen molar-refractivity contribution in [1.29, 1.82) is 0 Å². The zero-order valence-electron chi connectivity index (χ0n) is 13.4. The summed E-state index contributed by atoms with van der Waals surface area (Å²) < 4.78 is 34.4. The molecule has 0 saturated carbocycles. The molecule has 0 aliphatic rings. The number of sulfonamides is 1. The van der Waals surface area contributed by atoms with Crippen molar-refractivity contribution >= 4 is 38.4 Å². The summed E-state index contributed by atoms with van der Waals surface area (Å²) in [5.74, 6) is -1.69. The van der Waals surface area contributed by atoms with Crippen LogP contribution in [0.25, 0.3) is 0 Å². The Morgan fingerprint density at radius 2 is 1.62 bits per heavy atom. The third-order valence-electron chi connectivity index (χ3n) is 3.29. The quantitative estimate of drug-likeness (QED) is 0.635. The van der Waals surface area contributed by atoms with Gasteiger partial charge in [-0.25, -0.2) is 18.4 Å². The minimum Gasteiger partial charge on any atom is -0.478 e. The highest BCUT2D eigenvalue weighted by Gasteiger charge is 2.11. The first-order valence-corrected chi connectivity index (χ1v) is 10.3. The van der Waals surface area contributed by atoms with E-state index in [1.807, 2.05) is 0 Å². The molecular weight excluding hydrogens is 380 g/mol. The molecule has 0 radical (unpaired) electrons. The van der Waals surface area contributed by atoms with E-state index in [1.54, 1.807) is 12.1 Å². The molecule has 0 heterocycles. The van der Waals surface area contributed by atoms with Gasteiger partial charge in [-0.15, -0.1) is 0 Å². The fraction of sp³-hybridized carbons (Fsp3) is 0.125. The number of rotatable bonds is 7. The Labute approximate surface area is 152 Å². The lowest BCUT2D eigenvalue weighted by Crippen LogP contribution is -2.20. The smallest absolute Gasteiger partial charge is 0.335 e. The van der Waals surface area contributed by atoms with Crippen molar-refractivity contribution in [3.8, 4) is 0 Å². The lowest BCUT2D eigenvalue weighted by Gasteiger charge is -2.06. The summed E-state index contributed by atoms with van der Waals surface area (Å²) in [5, 5.41) is 16.3. The number of nitrogens with one attached hydrogen (secondary N) is 1. The summed E-state index contributed by atoms with van der Waals surface area (Å²) in [6, 6.07) is 11.2. The molecule has 0 bridgehead atoms. The van der Waals surface area contributed by atoms with E-state index in [2.05, 4.69) is 5.32 Å². The van der Waals surface area contributed by atoms with Crippen molar-refractivity contribution in [1.82, 2.24) is 0 Å². The Morgan fingerprint density at radius 3 is 2.12 bits per heavy atom. The van der Waals surface area contributed by atoms with Crippen LogP contribution in [-0.2, 0) is 31.4 Å². The van der Waals surface area contributed by atoms with Crippen LogP contribution in [0.15, 0.2) is 53.4 Å². The van der Waals surface area contributed by atoms with Crippen molar-refractivity contribution in [2.24, 2.45) is 5.14 Å². The van der Waals surface area contributed by atoms with E-state index in [1.165, 1.54) is 36.4 Å². The zero-order valence-corrected chi connectivity index (χ0v) is 15.0. The van der Waals surface area contributed by atoms with Crippen LogP contribution in [0.3, 0.4) is 0 Å². The second kappa shape index (κ2) is 8.21. The maximum atomic E-state index is 12.1. The predicted octanol–water partition coefficient (Wildman–Crippen LogP) is 0.920. The molecule has 10 heteroatoms. The van der Waals surface area contributed by atoms with Crippen molar-refractivity contribution < 1.29 is 27.3 Å². The molecule has 4 N–H and O–H groups in total. The summed E-state index contributed by atoms with van der Waals surface area (Å²) in [4.78, 5) is 22.6. The van der Waals surface area contributed by atoms with Crippen LogP contribution in [0.5, 0.6) is 0 Å². The molecule has 1 atom stereocenters. The first-order chi connectivity index (χ1) is 12.1. The largest absolute Gasteiger partial charge is 0.478 e. The van der Waals surface area contributed by atoms with Crippen molar-refractivity contribution in [2.75, 3.05) is 11.1 Å². The maximum absolute atomic E-state index is 12.1. The summed E-state index contributed by atoms with van der Waals surface area (Å²) in [7, 11) is -5.29. The van der Waals surface area contributed by atoms with E-state index in [0.717, 1.165) is 0 Å². The second-order valence-corrected chi connectivity index (χ2v) is 8.37. The third kappa shape index (κ3) is 5.76. The zero-order chi connectivity index (χ0) is 19.3. The highest BCUT2D eigenvalue weighted by Crippen LogP contribution is 2.13. The number of anilines is 1. The van der Waals surface area contributed by atoms with E-state index in [-0.39, 0.29) is 22.0 Å². The number of nitrogens with two attached hydrogens (primary N) is 1. The van der Waals surface area contributed by atoms with Gasteiger partial charge in [-0.1, -0.05) is 12.1 Å². The molecule has 8 nitrogen and oxygen atoms in total. The van der Waals surface area contributed by atoms with Crippen LogP contribution < -0.4 is 10.5 Å². The number of carboxylic acids is 1. The molecule has 2 rings (SSSR count). The van der Waals surface area contributed by atoms with Crippen LogP contribution in [0.4, 0.5) is 5.69 Å². The molecule has 1 unspecified atom stereocenters. The molecule has 0 aromatic heterocycles. The molecule has 26 heavy (non-hydrogen) atoms. The molecule has 1 amide bonds. The number of primary sulfonamides is 1. The van der Waals surface area contributed by atoms with Gasteiger partial charge >= 0.3 is 5.97 Å². The first kappa shape index (κ1) is 19.8. The Morgan fingerprint density at radius 1 is 1.04 bits per heavy atom. The van der Waals surface area contributed by atoms with Gasteiger partial charge < -0.3 is 10.4 Å². The van der Waals surface area contributed by atoms with Crippen LogP contribution in [0.2, 0.25) is 0 Å². The number of carbonyl (C=O) groups excluding carboxylic acids is 1. The van der Waals surface area contributed by atoms with Gasteiger partial charge in [0.25, 0.3) is 0 Å². The van der Waals surface area contributed by atoms with Gasteiger partial charge in [0.1, 0.15) is 5.75 Å². The number of hydrogen-bond acceptors (Lipinski definition) is 5. The van der Waals surface area contributed by atoms with Crippen LogP contribution in [0.1, 0.15) is 15.9 Å². The Hall–Kier alpha value is -2.56. The van der Waals surface area contributed by atoms with Crippen LogP contribution in [0, 0.1) is 0 Å². The minimum atomic E-state index is -3.81. The van der Waals surface area contributed by atoms with Gasteiger partial charge in [-0.05, 0) is 42.0 Å². The summed E-state index contributed by atoms with van der Waals surface area (Å²) in [5.41, 5.74) is 1.13. The van der Waals surface area contributed by atoms with E-state index in [9.17, 15) is 22.2 Å². The lowest BCUT2D eigenvalue weighted by atomic mass is 10.1. The molecule has 0 spiro atoms. The average molecular weight is 396 g/mol. The maximum Gasteiger partial charge on any atom is 0.335 e. The average Bonchev–Trinajstić information content (AvgIpc) is 2.54. The summed E-state index contributed by atoms with van der Waals surface area (Å²) >= 11 is 0. The molecule has 0 fully saturated rings. The summed E-state index contributed by atoms with van der Waals surface area (Å²) in [6.07, 6.45) is 0. The Bertz CT molecular complexity index is 938. The molecule has 0 saturated heterocycles. The number of hydrogen-bond donors (Lipinski definition) is 3. The van der Waals surface area contributed by atoms with E-state index in [0.29, 0.717) is 11.3 Å². The highest BCUT2D eigenvalue weighted by molar-refractivity contribution is 7.89. The molecule has 2 aromatic rings. The highest BCUT2D eigenvalue weighted by atomic mass is 32.2. The van der Waals surface area contributed by atoms with Crippen molar-refractivity contribution in [2.45, 2.75) is 10.6 Å². The fourth-order valence-electron chi connectivity index (χ4n) is 2.05. The predicted molar refractivity (Wildman–Crippen MR) is 96.6 cm³/mol. The Kier molecular flexibility index (Phi) is 6.24. The van der Waals surface area contributed by atoms with Crippen molar-refractivity contribution in [3.63, 3.8) is 0 Å². The van der Waals surface area contributed by atoms with Gasteiger partial charge in [0.15, 0.2) is 0 Å². The van der Waals surface area contributed by atoms with E-state index >= 15 is 0 Å². The molecule has 2 aromatic carbocycles.